The molecule has 1 heterocycles. The number of nitrogens with two attached hydrogens (primary N) is 1. The molecule has 0 radical (unpaired) electrons. The lowest BCUT2D eigenvalue weighted by atomic mass is 10.1. The van der Waals surface area contributed by atoms with Crippen molar-refractivity contribution in [3.05, 3.63) is 30.1 Å². The fourth-order valence-corrected chi connectivity index (χ4v) is 1.71. The predicted molar refractivity (Wildman–Crippen MR) is 67.4 cm³/mol. The van der Waals surface area contributed by atoms with E-state index in [1.165, 1.54) is 24.4 Å². The van der Waals surface area contributed by atoms with Crippen LogP contribution in [0, 0.1) is 6.92 Å². The number of benzene rings is 1. The number of fused-ring (bicyclic) bond motifs is 1. The first-order valence-electron chi connectivity index (χ1n) is 5.84. The van der Waals surface area contributed by atoms with Crippen LogP contribution in [0.25, 0.3) is 10.8 Å². The largest absolute Gasteiger partial charge is 0.486 e. The Bertz CT molecular complexity index is 669. The molecular weight excluding hydrogens is 295 g/mol. The Hall–Kier alpha value is -2.12. The van der Waals surface area contributed by atoms with Gasteiger partial charge in [-0.1, -0.05) is 0 Å². The van der Waals surface area contributed by atoms with Gasteiger partial charge in [-0.25, -0.2) is 0 Å². The van der Waals surface area contributed by atoms with Crippen LogP contribution < -0.4 is 10.5 Å². The molecule has 0 bridgehead atoms. The Kier molecular flexibility index (Phi) is 3.65. The highest BCUT2D eigenvalue weighted by Crippen LogP contribution is 2.37. The van der Waals surface area contributed by atoms with E-state index in [9.17, 15) is 22.0 Å². The van der Waals surface area contributed by atoms with Crippen LogP contribution in [-0.4, -0.2) is 23.7 Å². The van der Waals surface area contributed by atoms with E-state index in [4.69, 9.17) is 5.73 Å². The van der Waals surface area contributed by atoms with E-state index in [0.717, 1.165) is 0 Å². The summed E-state index contributed by atoms with van der Waals surface area (Å²) in [7, 11) is 0. The van der Waals surface area contributed by atoms with Crippen LogP contribution in [0.4, 0.5) is 27.6 Å². The number of halogens is 5. The van der Waals surface area contributed by atoms with Gasteiger partial charge in [0.25, 0.3) is 0 Å². The van der Waals surface area contributed by atoms with Gasteiger partial charge in [0.05, 0.1) is 0 Å². The van der Waals surface area contributed by atoms with E-state index in [1.807, 2.05) is 0 Å². The van der Waals surface area contributed by atoms with Crippen LogP contribution in [0.2, 0.25) is 0 Å². The summed E-state index contributed by atoms with van der Waals surface area (Å²) in [6.07, 6.45) is -4.25. The average molecular weight is 306 g/mol. The minimum Gasteiger partial charge on any atom is -0.486 e. The minimum absolute atomic E-state index is 0.103. The Morgan fingerprint density at radius 1 is 1.14 bits per heavy atom. The molecule has 2 aromatic rings. The summed E-state index contributed by atoms with van der Waals surface area (Å²) in [5.74, 6) is -5.03. The molecule has 0 aliphatic carbocycles. The number of nitrogen functional groups attached to an aromatic ring is 1. The molecule has 1 aromatic carbocycles. The highest BCUT2D eigenvalue weighted by atomic mass is 19.4. The molecule has 114 valence electrons. The van der Waals surface area contributed by atoms with Crippen LogP contribution in [0.5, 0.6) is 5.75 Å². The third kappa shape index (κ3) is 2.98. The van der Waals surface area contributed by atoms with Crippen LogP contribution in [0.15, 0.2) is 24.4 Å². The Morgan fingerprint density at radius 2 is 1.81 bits per heavy atom. The maximum absolute atomic E-state index is 12.9. The number of nitrogens with zero attached hydrogens (tertiary/aromatic N) is 1. The van der Waals surface area contributed by atoms with Gasteiger partial charge in [-0.2, -0.15) is 22.0 Å². The van der Waals surface area contributed by atoms with Crippen molar-refractivity contribution in [2.45, 2.75) is 19.0 Å². The summed E-state index contributed by atoms with van der Waals surface area (Å²) in [6, 6.07) is 4.12. The van der Waals surface area contributed by atoms with Gasteiger partial charge in [0, 0.05) is 28.4 Å². The van der Waals surface area contributed by atoms with E-state index in [-0.39, 0.29) is 5.75 Å². The van der Waals surface area contributed by atoms with E-state index < -0.39 is 18.7 Å². The lowest BCUT2D eigenvalue weighted by molar-refractivity contribution is -0.289. The molecule has 0 saturated carbocycles. The molecule has 0 aliphatic heterocycles. The maximum Gasteiger partial charge on any atom is 0.456 e. The number of rotatable bonds is 3. The molecule has 2 rings (SSSR count). The van der Waals surface area contributed by atoms with Crippen LogP contribution in [0.3, 0.4) is 0 Å². The summed E-state index contributed by atoms with van der Waals surface area (Å²) in [6.45, 7) is -0.145. The molecule has 0 fully saturated rings. The van der Waals surface area contributed by atoms with Gasteiger partial charge in [-0.3, -0.25) is 4.98 Å². The smallest absolute Gasteiger partial charge is 0.456 e. The summed E-state index contributed by atoms with van der Waals surface area (Å²) in [5.41, 5.74) is 6.59. The second kappa shape index (κ2) is 5.01. The second-order valence-corrected chi connectivity index (χ2v) is 4.52. The van der Waals surface area contributed by atoms with Gasteiger partial charge in [-0.05, 0) is 25.1 Å². The lowest BCUT2D eigenvalue weighted by Gasteiger charge is -2.20. The zero-order chi connectivity index (χ0) is 15.8. The molecule has 1 aromatic heterocycles. The van der Waals surface area contributed by atoms with Gasteiger partial charge in [0.2, 0.25) is 0 Å². The summed E-state index contributed by atoms with van der Waals surface area (Å²) < 4.78 is 66.8. The highest BCUT2D eigenvalue weighted by molar-refractivity contribution is 5.96. The Labute approximate surface area is 116 Å². The quantitative estimate of drug-likeness (QED) is 0.695. The first-order valence-corrected chi connectivity index (χ1v) is 5.84. The number of ether oxygens (including phenoxy) is 1. The number of hydrogen-bond donors (Lipinski definition) is 1. The fourth-order valence-electron chi connectivity index (χ4n) is 1.71. The lowest BCUT2D eigenvalue weighted by Crippen LogP contribution is -2.41. The summed E-state index contributed by atoms with van der Waals surface area (Å²) in [4.78, 5) is 3.99. The van der Waals surface area contributed by atoms with E-state index in [2.05, 4.69) is 9.72 Å². The van der Waals surface area contributed by atoms with E-state index >= 15 is 0 Å². The molecule has 0 saturated heterocycles. The molecular formula is C13H11F5N2O. The molecule has 0 atom stereocenters. The number of pyridine rings is 1. The van der Waals surface area contributed by atoms with Crippen LogP contribution in [-0.2, 0) is 0 Å². The topological polar surface area (TPSA) is 48.1 Å². The summed E-state index contributed by atoms with van der Waals surface area (Å²) >= 11 is 0. The van der Waals surface area contributed by atoms with Crippen LogP contribution >= 0.6 is 0 Å². The maximum atomic E-state index is 12.9. The average Bonchev–Trinajstić information content (AvgIpc) is 2.36. The summed E-state index contributed by atoms with van der Waals surface area (Å²) in [5, 5.41) is 0.758. The van der Waals surface area contributed by atoms with Gasteiger partial charge in [-0.15, -0.1) is 0 Å². The fraction of sp³-hybridized carbons (Fsp3) is 0.308. The molecule has 0 aliphatic rings. The number of aryl methyl sites for hydroxylation is 1. The minimum atomic E-state index is -5.66. The van der Waals surface area contributed by atoms with Crippen molar-refractivity contribution in [3.63, 3.8) is 0 Å². The van der Waals surface area contributed by atoms with E-state index in [1.54, 1.807) is 6.92 Å². The number of anilines is 1. The normalized spacial score (nSPS) is 12.7. The van der Waals surface area contributed by atoms with Gasteiger partial charge in [0.1, 0.15) is 5.75 Å². The SMILES string of the molecule is Cc1cc2c(OCC(F)(F)C(F)(F)F)ccc(N)c2cn1. The number of alkyl halides is 5. The third-order valence-electron chi connectivity index (χ3n) is 2.86. The predicted octanol–water partition coefficient (Wildman–Crippen LogP) is 3.70. The van der Waals surface area contributed by atoms with E-state index in [0.29, 0.717) is 22.2 Å². The standard InChI is InChI=1S/C13H11F5N2O/c1-7-4-8-9(5-20-7)10(19)2-3-11(8)21-6-12(14,15)13(16,17)18/h2-5H,6,19H2,1H3. The number of hydrogen-bond acceptors (Lipinski definition) is 3. The molecule has 0 amide bonds. The Morgan fingerprint density at radius 3 is 2.43 bits per heavy atom. The molecule has 0 spiro atoms. The molecule has 2 N–H and O–H groups in total. The Balaban J connectivity index is 2.36. The van der Waals surface area contributed by atoms with Crippen molar-refractivity contribution in [1.29, 1.82) is 0 Å². The first kappa shape index (κ1) is 15.3. The van der Waals surface area contributed by atoms with Crippen molar-refractivity contribution in [2.24, 2.45) is 0 Å². The third-order valence-corrected chi connectivity index (χ3v) is 2.86. The zero-order valence-electron chi connectivity index (χ0n) is 10.8. The van der Waals surface area contributed by atoms with Gasteiger partial charge in [0.15, 0.2) is 6.61 Å². The molecule has 8 heteroatoms. The van der Waals surface area contributed by atoms with Crippen molar-refractivity contribution in [3.8, 4) is 5.75 Å². The molecule has 3 nitrogen and oxygen atoms in total. The van der Waals surface area contributed by atoms with Gasteiger partial charge < -0.3 is 10.5 Å². The monoisotopic (exact) mass is 306 g/mol. The highest BCUT2D eigenvalue weighted by Gasteiger charge is 2.58. The molecule has 21 heavy (non-hydrogen) atoms. The first-order chi connectivity index (χ1) is 9.62. The van der Waals surface area contributed by atoms with Crippen molar-refractivity contribution in [2.75, 3.05) is 12.3 Å². The zero-order valence-corrected chi connectivity index (χ0v) is 10.8. The van der Waals surface area contributed by atoms with Crippen molar-refractivity contribution in [1.82, 2.24) is 4.98 Å². The van der Waals surface area contributed by atoms with Gasteiger partial charge >= 0.3 is 12.1 Å². The molecule has 0 unspecified atom stereocenters. The second-order valence-electron chi connectivity index (χ2n) is 4.52. The number of aromatic nitrogens is 1. The van der Waals surface area contributed by atoms with Crippen molar-refractivity contribution < 1.29 is 26.7 Å². The van der Waals surface area contributed by atoms with Crippen LogP contribution in [0.1, 0.15) is 5.69 Å². The van der Waals surface area contributed by atoms with Crippen molar-refractivity contribution >= 4 is 16.5 Å².